The first-order valence-corrected chi connectivity index (χ1v) is 12.2. The first-order chi connectivity index (χ1) is 15.2. The summed E-state index contributed by atoms with van der Waals surface area (Å²) in [6.07, 6.45) is 0.684. The molecule has 0 radical (unpaired) electrons. The van der Waals surface area contributed by atoms with Crippen LogP contribution >= 0.6 is 11.6 Å². The van der Waals surface area contributed by atoms with Gasteiger partial charge in [0.25, 0.3) is 10.0 Å². The molecule has 0 aliphatic carbocycles. The number of hydrogen-bond acceptors (Lipinski definition) is 3. The number of para-hydroxylation sites is 1. The van der Waals surface area contributed by atoms with E-state index in [1.54, 1.807) is 12.1 Å². The molecule has 32 heavy (non-hydrogen) atoms. The molecule has 7 heteroatoms. The van der Waals surface area contributed by atoms with Gasteiger partial charge in [-0.25, -0.2) is 8.42 Å². The molecule has 3 aromatic rings. The predicted molar refractivity (Wildman–Crippen MR) is 130 cm³/mol. The fourth-order valence-corrected chi connectivity index (χ4v) is 5.08. The maximum atomic E-state index is 13.5. The minimum atomic E-state index is -3.99. The Balaban J connectivity index is 1.92. The molecule has 1 amide bonds. The number of benzene rings is 3. The molecular formula is C25H27ClN2O3S. The summed E-state index contributed by atoms with van der Waals surface area (Å²) in [5.41, 5.74) is 3.33. The van der Waals surface area contributed by atoms with E-state index in [9.17, 15) is 13.2 Å². The molecule has 0 spiro atoms. The van der Waals surface area contributed by atoms with Crippen molar-refractivity contribution in [3.8, 4) is 0 Å². The zero-order valence-electron chi connectivity index (χ0n) is 18.4. The molecule has 1 unspecified atom stereocenters. The van der Waals surface area contributed by atoms with Gasteiger partial charge in [-0.05, 0) is 61.7 Å². The van der Waals surface area contributed by atoms with Gasteiger partial charge in [0, 0.05) is 5.02 Å². The molecule has 0 bridgehead atoms. The summed E-state index contributed by atoms with van der Waals surface area (Å²) in [5.74, 6) is -0.377. The summed E-state index contributed by atoms with van der Waals surface area (Å²) < 4.78 is 28.2. The van der Waals surface area contributed by atoms with Crippen LogP contribution in [0.3, 0.4) is 0 Å². The van der Waals surface area contributed by atoms with Gasteiger partial charge in [-0.3, -0.25) is 9.10 Å². The van der Waals surface area contributed by atoms with E-state index in [1.165, 1.54) is 24.3 Å². The molecular weight excluding hydrogens is 444 g/mol. The van der Waals surface area contributed by atoms with Crippen molar-refractivity contribution in [2.75, 3.05) is 10.8 Å². The van der Waals surface area contributed by atoms with Crippen LogP contribution in [-0.4, -0.2) is 20.9 Å². The van der Waals surface area contributed by atoms with E-state index in [0.29, 0.717) is 17.1 Å². The lowest BCUT2D eigenvalue weighted by Gasteiger charge is -2.27. The van der Waals surface area contributed by atoms with Gasteiger partial charge in [-0.2, -0.15) is 0 Å². The monoisotopic (exact) mass is 470 g/mol. The predicted octanol–water partition coefficient (Wildman–Crippen LogP) is 5.42. The van der Waals surface area contributed by atoms with Crippen LogP contribution in [-0.2, 0) is 14.8 Å². The highest BCUT2D eigenvalue weighted by Crippen LogP contribution is 2.27. The highest BCUT2D eigenvalue weighted by molar-refractivity contribution is 7.92. The first kappa shape index (κ1) is 23.8. The number of nitrogens with zero attached hydrogens (tertiary/aromatic N) is 1. The average Bonchev–Trinajstić information content (AvgIpc) is 2.77. The Hall–Kier alpha value is -2.83. The van der Waals surface area contributed by atoms with Gasteiger partial charge in [0.2, 0.25) is 5.91 Å². The molecule has 0 saturated heterocycles. The van der Waals surface area contributed by atoms with Gasteiger partial charge < -0.3 is 5.32 Å². The topological polar surface area (TPSA) is 66.5 Å². The van der Waals surface area contributed by atoms with Crippen molar-refractivity contribution >= 4 is 33.2 Å². The Morgan fingerprint density at radius 1 is 0.969 bits per heavy atom. The van der Waals surface area contributed by atoms with Crippen LogP contribution in [0.4, 0.5) is 5.69 Å². The first-order valence-electron chi connectivity index (χ1n) is 10.4. The van der Waals surface area contributed by atoms with Crippen LogP contribution in [0.2, 0.25) is 5.02 Å². The minimum Gasteiger partial charge on any atom is -0.348 e. The number of aryl methyl sites for hydroxylation is 2. The lowest BCUT2D eigenvalue weighted by molar-refractivity contribution is -0.120. The molecule has 168 valence electrons. The van der Waals surface area contributed by atoms with E-state index in [-0.39, 0.29) is 23.4 Å². The number of carbonyl (C=O) groups is 1. The van der Waals surface area contributed by atoms with Crippen molar-refractivity contribution in [2.24, 2.45) is 0 Å². The second-order valence-corrected chi connectivity index (χ2v) is 9.99. The highest BCUT2D eigenvalue weighted by atomic mass is 35.5. The number of rotatable bonds is 8. The third-order valence-electron chi connectivity index (χ3n) is 5.30. The molecule has 0 saturated carbocycles. The Kier molecular flexibility index (Phi) is 7.59. The number of anilines is 1. The zero-order valence-corrected chi connectivity index (χ0v) is 20.0. The van der Waals surface area contributed by atoms with E-state index in [2.05, 4.69) is 5.32 Å². The normalized spacial score (nSPS) is 12.2. The maximum Gasteiger partial charge on any atom is 0.264 e. The fourth-order valence-electron chi connectivity index (χ4n) is 3.47. The number of halogens is 1. The number of sulfonamides is 1. The minimum absolute atomic E-state index is 0.0727. The van der Waals surface area contributed by atoms with Gasteiger partial charge in [-0.1, -0.05) is 66.6 Å². The molecule has 5 nitrogen and oxygen atoms in total. The van der Waals surface area contributed by atoms with Gasteiger partial charge in [0.1, 0.15) is 6.54 Å². The summed E-state index contributed by atoms with van der Waals surface area (Å²) in [7, 11) is -3.99. The highest BCUT2D eigenvalue weighted by Gasteiger charge is 2.29. The van der Waals surface area contributed by atoms with Crippen LogP contribution < -0.4 is 9.62 Å². The van der Waals surface area contributed by atoms with Crippen molar-refractivity contribution in [1.29, 1.82) is 0 Å². The van der Waals surface area contributed by atoms with Crippen LogP contribution in [0.1, 0.15) is 36.1 Å². The van der Waals surface area contributed by atoms with Crippen molar-refractivity contribution in [3.63, 3.8) is 0 Å². The van der Waals surface area contributed by atoms with E-state index >= 15 is 0 Å². The molecule has 0 fully saturated rings. The Morgan fingerprint density at radius 2 is 1.59 bits per heavy atom. The molecule has 0 aromatic heterocycles. The Labute approximate surface area is 195 Å². The maximum absolute atomic E-state index is 13.5. The molecule has 0 aliphatic heterocycles. The quantitative estimate of drug-likeness (QED) is 0.478. The molecule has 0 heterocycles. The van der Waals surface area contributed by atoms with Crippen molar-refractivity contribution in [2.45, 2.75) is 38.1 Å². The summed E-state index contributed by atoms with van der Waals surface area (Å²) in [6, 6.07) is 20.8. The summed E-state index contributed by atoms with van der Waals surface area (Å²) in [6.45, 7) is 5.47. The van der Waals surface area contributed by atoms with Gasteiger partial charge in [0.05, 0.1) is 16.6 Å². The smallest absolute Gasteiger partial charge is 0.264 e. The van der Waals surface area contributed by atoms with Crippen molar-refractivity contribution in [1.82, 2.24) is 5.32 Å². The van der Waals surface area contributed by atoms with E-state index in [0.717, 1.165) is 21.0 Å². The second kappa shape index (κ2) is 10.2. The largest absolute Gasteiger partial charge is 0.348 e. The van der Waals surface area contributed by atoms with E-state index < -0.39 is 10.0 Å². The number of nitrogens with one attached hydrogen (secondary N) is 1. The van der Waals surface area contributed by atoms with Crippen LogP contribution in [0, 0.1) is 13.8 Å². The van der Waals surface area contributed by atoms with E-state index in [1.807, 2.05) is 57.2 Å². The Morgan fingerprint density at radius 3 is 2.19 bits per heavy atom. The van der Waals surface area contributed by atoms with Crippen LogP contribution in [0.25, 0.3) is 0 Å². The number of amides is 1. The van der Waals surface area contributed by atoms with E-state index in [4.69, 9.17) is 11.6 Å². The summed E-state index contributed by atoms with van der Waals surface area (Å²) >= 11 is 5.94. The lowest BCUT2D eigenvalue weighted by atomic mass is 10.0. The number of carbonyl (C=O) groups excluding carboxylic acids is 1. The van der Waals surface area contributed by atoms with Crippen molar-refractivity contribution < 1.29 is 13.2 Å². The molecule has 3 rings (SSSR count). The van der Waals surface area contributed by atoms with Crippen molar-refractivity contribution in [3.05, 3.63) is 94.5 Å². The van der Waals surface area contributed by atoms with Crippen LogP contribution in [0.5, 0.6) is 0 Å². The lowest BCUT2D eigenvalue weighted by Crippen LogP contribution is -2.42. The van der Waals surface area contributed by atoms with Gasteiger partial charge in [-0.15, -0.1) is 0 Å². The molecule has 1 atom stereocenters. The van der Waals surface area contributed by atoms with Gasteiger partial charge in [0.15, 0.2) is 0 Å². The van der Waals surface area contributed by atoms with Gasteiger partial charge >= 0.3 is 0 Å². The summed E-state index contributed by atoms with van der Waals surface area (Å²) in [4.78, 5) is 13.1. The SMILES string of the molecule is CCC(NC(=O)CN(c1ccccc1C)S(=O)(=O)c1ccc(Cl)cc1)c1ccc(C)cc1. The number of hydrogen-bond donors (Lipinski definition) is 1. The standard InChI is InChI=1S/C25H27ClN2O3S/c1-4-23(20-11-9-18(2)10-12-20)27-25(29)17-28(24-8-6-5-7-19(24)3)32(30,31)22-15-13-21(26)14-16-22/h5-16,23H,4,17H2,1-3H3,(H,27,29). The third-order valence-corrected chi connectivity index (χ3v) is 7.32. The molecule has 3 aromatic carbocycles. The van der Waals surface area contributed by atoms with Crippen LogP contribution in [0.15, 0.2) is 77.7 Å². The molecule has 0 aliphatic rings. The fraction of sp³-hybridized carbons (Fsp3) is 0.240. The average molecular weight is 471 g/mol. The summed E-state index contributed by atoms with van der Waals surface area (Å²) in [5, 5.41) is 3.43. The second-order valence-electron chi connectivity index (χ2n) is 7.69. The Bertz CT molecular complexity index is 1180. The third kappa shape index (κ3) is 5.50. The zero-order chi connectivity index (χ0) is 23.3. The molecule has 1 N–H and O–H groups in total.